The van der Waals surface area contributed by atoms with Crippen molar-refractivity contribution in [3.05, 3.63) is 0 Å². The molecule has 0 bridgehead atoms. The average Bonchev–Trinajstić information content (AvgIpc) is 3.02. The van der Waals surface area contributed by atoms with Crippen molar-refractivity contribution < 1.29 is 14.3 Å². The van der Waals surface area contributed by atoms with Gasteiger partial charge in [0.1, 0.15) is 6.04 Å². The number of morpholine rings is 1. The van der Waals surface area contributed by atoms with E-state index in [0.717, 1.165) is 19.4 Å². The van der Waals surface area contributed by atoms with Gasteiger partial charge in [0, 0.05) is 50.7 Å². The summed E-state index contributed by atoms with van der Waals surface area (Å²) < 4.78 is 5.31. The molecule has 3 aliphatic heterocycles. The molecule has 0 radical (unpaired) electrons. The van der Waals surface area contributed by atoms with Crippen molar-refractivity contribution in [1.82, 2.24) is 20.0 Å². The highest BCUT2D eigenvalue weighted by molar-refractivity contribution is 5.83. The Morgan fingerprint density at radius 2 is 2.00 bits per heavy atom. The first-order chi connectivity index (χ1) is 12.0. The van der Waals surface area contributed by atoms with Crippen LogP contribution in [0.25, 0.3) is 0 Å². The fraction of sp³-hybridized carbons (Fsp3) is 0.889. The van der Waals surface area contributed by atoms with Gasteiger partial charge in [-0.2, -0.15) is 0 Å². The Balaban J connectivity index is 1.59. The average molecular weight is 352 g/mol. The maximum Gasteiger partial charge on any atom is 0.239 e. The predicted octanol–water partition coefficient (Wildman–Crippen LogP) is -0.0931. The van der Waals surface area contributed by atoms with Crippen molar-refractivity contribution in [3.8, 4) is 0 Å². The van der Waals surface area contributed by atoms with Crippen LogP contribution >= 0.6 is 0 Å². The quantitative estimate of drug-likeness (QED) is 0.766. The van der Waals surface area contributed by atoms with Gasteiger partial charge in [-0.05, 0) is 33.7 Å². The van der Waals surface area contributed by atoms with Gasteiger partial charge in [-0.25, -0.2) is 0 Å². The summed E-state index contributed by atoms with van der Waals surface area (Å²) in [6.45, 7) is 8.57. The number of hydrogen-bond donors (Lipinski definition) is 1. The van der Waals surface area contributed by atoms with Crippen LogP contribution in [0.15, 0.2) is 0 Å². The van der Waals surface area contributed by atoms with Gasteiger partial charge in [-0.1, -0.05) is 0 Å². The van der Waals surface area contributed by atoms with E-state index in [4.69, 9.17) is 4.74 Å². The number of nitrogens with zero attached hydrogens (tertiary/aromatic N) is 3. The number of likely N-dealkylation sites (tertiary alicyclic amines) is 1. The maximum absolute atomic E-state index is 12.6. The molecule has 3 heterocycles. The van der Waals surface area contributed by atoms with Crippen LogP contribution in [-0.4, -0.2) is 97.1 Å². The maximum atomic E-state index is 12.6. The fourth-order valence-electron chi connectivity index (χ4n) is 4.43. The Hall–Kier alpha value is -1.18. The van der Waals surface area contributed by atoms with Gasteiger partial charge in [0.2, 0.25) is 11.8 Å². The number of carbonyl (C=O) groups is 2. The summed E-state index contributed by atoms with van der Waals surface area (Å²) in [4.78, 5) is 31.6. The fourth-order valence-corrected chi connectivity index (χ4v) is 4.43. The molecule has 0 unspecified atom stereocenters. The lowest BCUT2D eigenvalue weighted by atomic mass is 10.0. The zero-order chi connectivity index (χ0) is 18.0. The Morgan fingerprint density at radius 1 is 1.28 bits per heavy atom. The van der Waals surface area contributed by atoms with Crippen LogP contribution in [0.1, 0.15) is 33.1 Å². The Labute approximate surface area is 150 Å². The van der Waals surface area contributed by atoms with Gasteiger partial charge >= 0.3 is 0 Å². The highest BCUT2D eigenvalue weighted by atomic mass is 16.5. The minimum Gasteiger partial charge on any atom is -0.378 e. The van der Waals surface area contributed by atoms with Gasteiger partial charge in [-0.3, -0.25) is 19.4 Å². The van der Waals surface area contributed by atoms with Crippen LogP contribution in [0.2, 0.25) is 0 Å². The van der Waals surface area contributed by atoms with Gasteiger partial charge < -0.3 is 15.0 Å². The Morgan fingerprint density at radius 3 is 2.68 bits per heavy atom. The molecule has 0 aromatic rings. The van der Waals surface area contributed by atoms with E-state index in [1.54, 1.807) is 0 Å². The smallest absolute Gasteiger partial charge is 0.239 e. The lowest BCUT2D eigenvalue weighted by Crippen LogP contribution is -2.51. The third-order valence-electron chi connectivity index (χ3n) is 6.00. The first kappa shape index (κ1) is 18.6. The molecule has 3 rings (SSSR count). The highest BCUT2D eigenvalue weighted by Gasteiger charge is 2.45. The van der Waals surface area contributed by atoms with E-state index in [2.05, 4.69) is 36.0 Å². The Kier molecular flexibility index (Phi) is 5.96. The molecule has 3 saturated heterocycles. The topological polar surface area (TPSA) is 65.1 Å². The molecule has 3 atom stereocenters. The third kappa shape index (κ3) is 3.99. The van der Waals surface area contributed by atoms with E-state index in [0.29, 0.717) is 45.3 Å². The Bertz CT molecular complexity index is 493. The number of carbonyl (C=O) groups excluding carboxylic acids is 2. The van der Waals surface area contributed by atoms with Gasteiger partial charge in [0.25, 0.3) is 0 Å². The highest BCUT2D eigenvalue weighted by Crippen LogP contribution is 2.28. The van der Waals surface area contributed by atoms with E-state index in [9.17, 15) is 9.59 Å². The number of ether oxygens (including phenoxy) is 1. The van der Waals surface area contributed by atoms with Crippen molar-refractivity contribution in [2.45, 2.75) is 57.3 Å². The molecule has 0 saturated carbocycles. The monoisotopic (exact) mass is 352 g/mol. The number of fused-ring (bicyclic) bond motifs is 1. The molecule has 3 fully saturated rings. The molecule has 0 aromatic heterocycles. The van der Waals surface area contributed by atoms with E-state index in [1.807, 2.05) is 4.90 Å². The summed E-state index contributed by atoms with van der Waals surface area (Å²) in [6.07, 6.45) is 2.34. The molecule has 25 heavy (non-hydrogen) atoms. The first-order valence-corrected chi connectivity index (χ1v) is 9.60. The van der Waals surface area contributed by atoms with Crippen LogP contribution in [0.3, 0.4) is 0 Å². The molecule has 2 amide bonds. The minimum absolute atomic E-state index is 0.0649. The summed E-state index contributed by atoms with van der Waals surface area (Å²) in [7, 11) is 2.12. The van der Waals surface area contributed by atoms with Crippen LogP contribution in [0.5, 0.6) is 0 Å². The summed E-state index contributed by atoms with van der Waals surface area (Å²) in [6, 6.07) is 0.767. The molecule has 0 aromatic carbocycles. The molecule has 7 heteroatoms. The zero-order valence-corrected chi connectivity index (χ0v) is 15.7. The van der Waals surface area contributed by atoms with Crippen LogP contribution in [0.4, 0.5) is 0 Å². The molecule has 0 spiro atoms. The van der Waals surface area contributed by atoms with Crippen molar-refractivity contribution in [3.63, 3.8) is 0 Å². The number of likely N-dealkylation sites (N-methyl/N-ethyl adjacent to an activating group) is 1. The first-order valence-electron chi connectivity index (χ1n) is 9.60. The van der Waals surface area contributed by atoms with Crippen molar-refractivity contribution in [2.75, 3.05) is 46.4 Å². The molecular formula is C18H32N4O3. The second-order valence-electron chi connectivity index (χ2n) is 7.73. The molecule has 3 aliphatic rings. The SMILES string of the molecule is CC(C)N1CC[C@@H]2[C@H]1C(=O)NC[C@H](CCC(=O)N1CCOCC1)N2C. The van der Waals surface area contributed by atoms with Crippen LogP contribution < -0.4 is 5.32 Å². The summed E-state index contributed by atoms with van der Waals surface area (Å²) >= 11 is 0. The molecule has 1 N–H and O–H groups in total. The van der Waals surface area contributed by atoms with Gasteiger partial charge in [-0.15, -0.1) is 0 Å². The number of amides is 2. The van der Waals surface area contributed by atoms with E-state index >= 15 is 0 Å². The summed E-state index contributed by atoms with van der Waals surface area (Å²) in [5.74, 6) is 0.351. The largest absolute Gasteiger partial charge is 0.378 e. The summed E-state index contributed by atoms with van der Waals surface area (Å²) in [5, 5.41) is 3.12. The number of rotatable bonds is 4. The number of nitrogens with one attached hydrogen (secondary N) is 1. The van der Waals surface area contributed by atoms with Gasteiger partial charge in [0.05, 0.1) is 13.2 Å². The standard InChI is InChI=1S/C18H32N4O3/c1-13(2)22-7-6-15-17(22)18(24)19-12-14(20(15)3)4-5-16(23)21-8-10-25-11-9-21/h13-15,17H,4-12H2,1-3H3,(H,19,24)/t14-,15+,17-/m0/s1. The van der Waals surface area contributed by atoms with Crippen LogP contribution in [-0.2, 0) is 14.3 Å². The second-order valence-corrected chi connectivity index (χ2v) is 7.73. The summed E-state index contributed by atoms with van der Waals surface area (Å²) in [5.41, 5.74) is 0. The number of hydrogen-bond acceptors (Lipinski definition) is 5. The second kappa shape index (κ2) is 8.01. The zero-order valence-electron chi connectivity index (χ0n) is 15.7. The molecular weight excluding hydrogens is 320 g/mol. The van der Waals surface area contributed by atoms with E-state index in [1.165, 1.54) is 0 Å². The predicted molar refractivity (Wildman–Crippen MR) is 95.2 cm³/mol. The third-order valence-corrected chi connectivity index (χ3v) is 6.00. The normalized spacial score (nSPS) is 31.8. The van der Waals surface area contributed by atoms with Gasteiger partial charge in [0.15, 0.2) is 0 Å². The molecule has 142 valence electrons. The minimum atomic E-state index is -0.0649. The lowest BCUT2D eigenvalue weighted by Gasteiger charge is -2.34. The molecule has 0 aliphatic carbocycles. The van der Waals surface area contributed by atoms with Crippen molar-refractivity contribution in [2.24, 2.45) is 0 Å². The van der Waals surface area contributed by atoms with E-state index < -0.39 is 0 Å². The van der Waals surface area contributed by atoms with Crippen LogP contribution in [0, 0.1) is 0 Å². The van der Waals surface area contributed by atoms with E-state index in [-0.39, 0.29) is 29.9 Å². The molecule has 7 nitrogen and oxygen atoms in total. The van der Waals surface area contributed by atoms with Crippen molar-refractivity contribution in [1.29, 1.82) is 0 Å². The van der Waals surface area contributed by atoms with Crippen molar-refractivity contribution >= 4 is 11.8 Å². The lowest BCUT2D eigenvalue weighted by molar-refractivity contribution is -0.135.